The molecule has 4 saturated heterocycles. The Balaban J connectivity index is 1.40. The maximum Gasteiger partial charge on any atom is 0.223 e. The van der Waals surface area contributed by atoms with Crippen molar-refractivity contribution in [1.29, 1.82) is 0 Å². The molecular formula is C18H30N4O4S. The summed E-state index contributed by atoms with van der Waals surface area (Å²) in [6, 6.07) is 0.271. The lowest BCUT2D eigenvalue weighted by Gasteiger charge is -2.39. The van der Waals surface area contributed by atoms with E-state index in [4.69, 9.17) is 9.73 Å². The van der Waals surface area contributed by atoms with Crippen molar-refractivity contribution in [2.45, 2.75) is 44.2 Å². The van der Waals surface area contributed by atoms with E-state index in [0.717, 1.165) is 58.0 Å². The minimum Gasteiger partial charge on any atom is -0.376 e. The van der Waals surface area contributed by atoms with E-state index in [0.29, 0.717) is 19.4 Å². The van der Waals surface area contributed by atoms with Crippen LogP contribution in [0.15, 0.2) is 4.99 Å². The number of carbonyl (C=O) groups excluding carboxylic acids is 1. The smallest absolute Gasteiger partial charge is 0.223 e. The third-order valence-electron chi connectivity index (χ3n) is 6.13. The molecule has 1 N–H and O–H groups in total. The van der Waals surface area contributed by atoms with Gasteiger partial charge in [-0.1, -0.05) is 0 Å². The Labute approximate surface area is 161 Å². The van der Waals surface area contributed by atoms with Crippen LogP contribution in [0.5, 0.6) is 0 Å². The van der Waals surface area contributed by atoms with Crippen LogP contribution in [0.2, 0.25) is 0 Å². The average molecular weight is 399 g/mol. The van der Waals surface area contributed by atoms with Gasteiger partial charge in [0.2, 0.25) is 5.91 Å². The van der Waals surface area contributed by atoms with E-state index >= 15 is 0 Å². The molecular weight excluding hydrogens is 368 g/mol. The van der Waals surface area contributed by atoms with E-state index < -0.39 is 9.84 Å². The first-order chi connectivity index (χ1) is 13.0. The zero-order chi connectivity index (χ0) is 18.9. The second-order valence-electron chi connectivity index (χ2n) is 8.17. The van der Waals surface area contributed by atoms with Gasteiger partial charge in [0.1, 0.15) is 0 Å². The second kappa shape index (κ2) is 7.95. The number of ether oxygens (including phenoxy) is 1. The first kappa shape index (κ1) is 19.0. The van der Waals surface area contributed by atoms with E-state index in [2.05, 4.69) is 10.2 Å². The third-order valence-corrected chi connectivity index (χ3v) is 7.97. The summed E-state index contributed by atoms with van der Waals surface area (Å²) in [7, 11) is -2.88. The number of aliphatic imine (C=N–C) groups is 1. The molecule has 0 spiro atoms. The van der Waals surface area contributed by atoms with Crippen LogP contribution in [-0.2, 0) is 19.4 Å². The van der Waals surface area contributed by atoms with Gasteiger partial charge in [-0.25, -0.2) is 8.42 Å². The van der Waals surface area contributed by atoms with Crippen LogP contribution in [-0.4, -0.2) is 93.1 Å². The molecule has 0 aromatic carbocycles. The van der Waals surface area contributed by atoms with Gasteiger partial charge in [0.25, 0.3) is 0 Å². The van der Waals surface area contributed by atoms with Crippen LogP contribution in [0, 0.1) is 5.92 Å². The zero-order valence-electron chi connectivity index (χ0n) is 15.8. The van der Waals surface area contributed by atoms with Gasteiger partial charge in [-0.15, -0.1) is 0 Å². The monoisotopic (exact) mass is 398 g/mol. The second-order valence-corrected chi connectivity index (χ2v) is 10.4. The Hall–Kier alpha value is -1.35. The van der Waals surface area contributed by atoms with Gasteiger partial charge in [-0.3, -0.25) is 9.79 Å². The fourth-order valence-electron chi connectivity index (χ4n) is 4.57. The average Bonchev–Trinajstić information content (AvgIpc) is 3.36. The van der Waals surface area contributed by atoms with Crippen molar-refractivity contribution in [3.8, 4) is 0 Å². The minimum atomic E-state index is -2.88. The van der Waals surface area contributed by atoms with Gasteiger partial charge in [0, 0.05) is 51.8 Å². The van der Waals surface area contributed by atoms with Crippen LogP contribution in [0.1, 0.15) is 32.1 Å². The number of rotatable bonds is 4. The molecule has 3 atom stereocenters. The molecule has 0 saturated carbocycles. The fourth-order valence-corrected chi connectivity index (χ4v) is 6.42. The highest BCUT2D eigenvalue weighted by Crippen LogP contribution is 2.23. The number of piperazine rings is 1. The summed E-state index contributed by atoms with van der Waals surface area (Å²) in [4.78, 5) is 21.0. The molecule has 0 aromatic heterocycles. The summed E-state index contributed by atoms with van der Waals surface area (Å²) in [6.45, 7) is 4.39. The molecule has 4 aliphatic heterocycles. The molecule has 4 heterocycles. The number of hydrogen-bond acceptors (Lipinski definition) is 5. The Morgan fingerprint density at radius 1 is 1.26 bits per heavy atom. The molecule has 8 nitrogen and oxygen atoms in total. The van der Waals surface area contributed by atoms with E-state index in [1.807, 2.05) is 4.90 Å². The van der Waals surface area contributed by atoms with E-state index in [1.165, 1.54) is 0 Å². The lowest BCUT2D eigenvalue weighted by atomic mass is 10.1. The van der Waals surface area contributed by atoms with Gasteiger partial charge in [-0.2, -0.15) is 0 Å². The summed E-state index contributed by atoms with van der Waals surface area (Å²) >= 11 is 0. The third kappa shape index (κ3) is 4.56. The zero-order valence-corrected chi connectivity index (χ0v) is 16.6. The van der Waals surface area contributed by atoms with Gasteiger partial charge < -0.3 is 19.9 Å². The predicted molar refractivity (Wildman–Crippen MR) is 102 cm³/mol. The Morgan fingerprint density at radius 3 is 2.89 bits per heavy atom. The number of hydrogen-bond donors (Lipinski definition) is 1. The maximum absolute atomic E-state index is 11.9. The van der Waals surface area contributed by atoms with Crippen molar-refractivity contribution in [2.24, 2.45) is 10.9 Å². The number of amides is 1. The molecule has 4 fully saturated rings. The highest BCUT2D eigenvalue weighted by molar-refractivity contribution is 7.91. The molecule has 3 unspecified atom stereocenters. The minimum absolute atomic E-state index is 0.115. The number of fused-ring (bicyclic) bond motifs is 1. The fraction of sp³-hybridized carbons (Fsp3) is 0.889. The topological polar surface area (TPSA) is 91.3 Å². The van der Waals surface area contributed by atoms with Crippen molar-refractivity contribution < 1.29 is 17.9 Å². The van der Waals surface area contributed by atoms with Crippen molar-refractivity contribution in [3.63, 3.8) is 0 Å². The van der Waals surface area contributed by atoms with Crippen molar-refractivity contribution >= 4 is 21.7 Å². The molecule has 0 bridgehead atoms. The molecule has 1 amide bonds. The summed E-state index contributed by atoms with van der Waals surface area (Å²) in [5, 5.41) is 3.47. The number of sulfone groups is 1. The molecule has 152 valence electrons. The van der Waals surface area contributed by atoms with E-state index in [-0.39, 0.29) is 35.5 Å². The summed E-state index contributed by atoms with van der Waals surface area (Å²) in [6.07, 6.45) is 4.64. The van der Waals surface area contributed by atoms with Crippen LogP contribution in [0.3, 0.4) is 0 Å². The maximum atomic E-state index is 11.9. The van der Waals surface area contributed by atoms with Crippen LogP contribution < -0.4 is 5.32 Å². The molecule has 9 heteroatoms. The Morgan fingerprint density at radius 2 is 2.15 bits per heavy atom. The highest BCUT2D eigenvalue weighted by atomic mass is 32.2. The quantitative estimate of drug-likeness (QED) is 0.523. The van der Waals surface area contributed by atoms with Gasteiger partial charge in [0.05, 0.1) is 17.6 Å². The lowest BCUT2D eigenvalue weighted by Crippen LogP contribution is -2.56. The summed E-state index contributed by atoms with van der Waals surface area (Å²) in [5.41, 5.74) is 0. The molecule has 0 aromatic rings. The summed E-state index contributed by atoms with van der Waals surface area (Å²) in [5.74, 6) is 1.76. The Kier molecular flexibility index (Phi) is 5.59. The predicted octanol–water partition coefficient (Wildman–Crippen LogP) is -0.148. The summed E-state index contributed by atoms with van der Waals surface area (Å²) < 4.78 is 29.1. The largest absolute Gasteiger partial charge is 0.376 e. The molecule has 0 aliphatic carbocycles. The molecule has 4 aliphatic rings. The van der Waals surface area contributed by atoms with Crippen molar-refractivity contribution in [2.75, 3.05) is 50.8 Å². The van der Waals surface area contributed by atoms with E-state index in [9.17, 15) is 13.2 Å². The Bertz CT molecular complexity index is 689. The standard InChI is InChI=1S/C18H30N4O4S/c23-17-4-3-15-12-21(6-7-22(15)17)18(20-11-16-2-1-8-26-16)19-10-14-5-9-27(24,25)13-14/h14-16H,1-13H2,(H,19,20). The van der Waals surface area contributed by atoms with Gasteiger partial charge >= 0.3 is 0 Å². The van der Waals surface area contributed by atoms with Crippen LogP contribution in [0.25, 0.3) is 0 Å². The molecule has 0 radical (unpaired) electrons. The molecule has 4 rings (SSSR count). The number of nitrogens with zero attached hydrogens (tertiary/aromatic N) is 3. The van der Waals surface area contributed by atoms with Crippen molar-refractivity contribution in [1.82, 2.24) is 15.1 Å². The van der Waals surface area contributed by atoms with Crippen LogP contribution >= 0.6 is 0 Å². The first-order valence-electron chi connectivity index (χ1n) is 10.1. The van der Waals surface area contributed by atoms with Gasteiger partial charge in [-0.05, 0) is 31.6 Å². The highest BCUT2D eigenvalue weighted by Gasteiger charge is 2.36. The van der Waals surface area contributed by atoms with Gasteiger partial charge in [0.15, 0.2) is 15.8 Å². The lowest BCUT2D eigenvalue weighted by molar-refractivity contribution is -0.130. The first-order valence-corrected chi connectivity index (χ1v) is 12.0. The SMILES string of the molecule is O=C1CCC2CN(C(=NCC3CCS(=O)(=O)C3)NCC3CCCO3)CCN12. The van der Waals surface area contributed by atoms with Crippen molar-refractivity contribution in [3.05, 3.63) is 0 Å². The normalized spacial score (nSPS) is 33.6. The number of guanidine groups is 1. The number of nitrogens with one attached hydrogen (secondary N) is 1. The molecule has 27 heavy (non-hydrogen) atoms. The van der Waals surface area contributed by atoms with E-state index in [1.54, 1.807) is 0 Å². The number of carbonyl (C=O) groups is 1. The van der Waals surface area contributed by atoms with Crippen LogP contribution in [0.4, 0.5) is 0 Å².